The minimum absolute atomic E-state index is 0.111. The van der Waals surface area contributed by atoms with Crippen molar-refractivity contribution < 1.29 is 14.3 Å². The lowest BCUT2D eigenvalue weighted by Gasteiger charge is -2.03. The van der Waals surface area contributed by atoms with Crippen molar-refractivity contribution in [1.82, 2.24) is 5.43 Å². The van der Waals surface area contributed by atoms with Crippen LogP contribution in [0.25, 0.3) is 0 Å². The van der Waals surface area contributed by atoms with Gasteiger partial charge in [0.05, 0.1) is 10.7 Å². The summed E-state index contributed by atoms with van der Waals surface area (Å²) in [6, 6.07) is 5.00. The van der Waals surface area contributed by atoms with E-state index in [1.54, 1.807) is 19.1 Å². The maximum atomic E-state index is 11.8. The number of carbonyl (C=O) groups is 1. The van der Waals surface area contributed by atoms with Gasteiger partial charge in [-0.2, -0.15) is 5.10 Å². The van der Waals surface area contributed by atoms with Gasteiger partial charge in [0.2, 0.25) is 0 Å². The van der Waals surface area contributed by atoms with Crippen LogP contribution in [0.2, 0.25) is 0 Å². The second-order valence-electron chi connectivity index (χ2n) is 4.09. The van der Waals surface area contributed by atoms with E-state index in [1.807, 2.05) is 0 Å². The second kappa shape index (κ2) is 6.76. The predicted octanol–water partition coefficient (Wildman–Crippen LogP) is 4.35. The van der Waals surface area contributed by atoms with Crippen molar-refractivity contribution in [1.29, 1.82) is 0 Å². The Morgan fingerprint density at radius 3 is 2.67 bits per heavy atom. The average molecular weight is 481 g/mol. The summed E-state index contributed by atoms with van der Waals surface area (Å²) < 4.78 is 7.04. The van der Waals surface area contributed by atoms with Crippen LogP contribution in [0.3, 0.4) is 0 Å². The molecule has 0 unspecified atom stereocenters. The Hall–Kier alpha value is -1.12. The van der Waals surface area contributed by atoms with E-state index in [0.717, 1.165) is 4.47 Å². The number of amides is 1. The summed E-state index contributed by atoms with van der Waals surface area (Å²) in [6.45, 7) is 1.77. The number of hydrazone groups is 1. The summed E-state index contributed by atoms with van der Waals surface area (Å²) >= 11 is 9.69. The first kappa shape index (κ1) is 16.3. The number of aromatic hydroxyl groups is 1. The molecule has 0 saturated heterocycles. The summed E-state index contributed by atoms with van der Waals surface area (Å²) in [5, 5.41) is 13.7. The van der Waals surface area contributed by atoms with E-state index in [2.05, 4.69) is 58.3 Å². The fourth-order valence-electron chi connectivity index (χ4n) is 1.53. The number of phenols is 1. The number of nitrogens with one attached hydrogen (secondary N) is 1. The van der Waals surface area contributed by atoms with Gasteiger partial charge in [0.25, 0.3) is 0 Å². The minimum Gasteiger partial charge on any atom is -0.507 e. The lowest BCUT2D eigenvalue weighted by molar-refractivity contribution is 0.0926. The second-order valence-corrected chi connectivity index (χ2v) is 6.58. The predicted molar refractivity (Wildman–Crippen MR) is 89.7 cm³/mol. The zero-order valence-corrected chi connectivity index (χ0v) is 15.4. The van der Waals surface area contributed by atoms with Crippen LogP contribution in [0.4, 0.5) is 0 Å². The third kappa shape index (κ3) is 3.96. The van der Waals surface area contributed by atoms with Crippen molar-refractivity contribution in [2.75, 3.05) is 0 Å². The molecule has 1 aromatic heterocycles. The fraction of sp³-hybridized carbons (Fsp3) is 0.0769. The van der Waals surface area contributed by atoms with Crippen LogP contribution < -0.4 is 5.43 Å². The van der Waals surface area contributed by atoms with Crippen LogP contribution in [0.1, 0.15) is 21.7 Å². The van der Waals surface area contributed by atoms with Gasteiger partial charge >= 0.3 is 5.91 Å². The SMILES string of the molecule is Cc1cc(Br)cc(/C=N/NC(=O)c2cc(Br)c(Br)o2)c1O. The van der Waals surface area contributed by atoms with Gasteiger partial charge in [-0.1, -0.05) is 15.9 Å². The number of rotatable bonds is 3. The molecule has 2 aromatic rings. The van der Waals surface area contributed by atoms with Crippen LogP contribution in [0.15, 0.2) is 41.3 Å². The summed E-state index contributed by atoms with van der Waals surface area (Å²) in [5.41, 5.74) is 3.52. The normalized spacial score (nSPS) is 11.0. The highest BCUT2D eigenvalue weighted by molar-refractivity contribution is 9.13. The Kier molecular flexibility index (Phi) is 5.23. The van der Waals surface area contributed by atoms with Crippen LogP contribution in [0.5, 0.6) is 5.75 Å². The van der Waals surface area contributed by atoms with Crippen LogP contribution in [-0.2, 0) is 0 Å². The maximum Gasteiger partial charge on any atom is 0.307 e. The largest absolute Gasteiger partial charge is 0.507 e. The number of furan rings is 1. The van der Waals surface area contributed by atoms with Gasteiger partial charge < -0.3 is 9.52 Å². The Bertz CT molecular complexity index is 706. The molecule has 1 heterocycles. The first-order valence-corrected chi connectivity index (χ1v) is 8.03. The van der Waals surface area contributed by atoms with Crippen LogP contribution >= 0.6 is 47.8 Å². The number of nitrogens with zero attached hydrogens (tertiary/aromatic N) is 1. The molecule has 0 bridgehead atoms. The number of hydrogen-bond acceptors (Lipinski definition) is 4. The summed E-state index contributed by atoms with van der Waals surface area (Å²) in [6.07, 6.45) is 1.36. The molecule has 0 spiro atoms. The molecule has 2 N–H and O–H groups in total. The van der Waals surface area contributed by atoms with E-state index >= 15 is 0 Å². The number of halogens is 3. The molecule has 0 fully saturated rings. The molecule has 0 atom stereocenters. The summed E-state index contributed by atoms with van der Waals surface area (Å²) in [5.74, 6) is -0.274. The van der Waals surface area contributed by atoms with Gasteiger partial charge in [0.15, 0.2) is 10.4 Å². The number of benzene rings is 1. The highest BCUT2D eigenvalue weighted by Gasteiger charge is 2.13. The van der Waals surface area contributed by atoms with Crippen molar-refractivity contribution in [3.05, 3.63) is 48.7 Å². The van der Waals surface area contributed by atoms with Crippen molar-refractivity contribution in [2.45, 2.75) is 6.92 Å². The first-order valence-electron chi connectivity index (χ1n) is 5.66. The molecule has 110 valence electrons. The van der Waals surface area contributed by atoms with Crippen molar-refractivity contribution in [3.63, 3.8) is 0 Å². The third-order valence-electron chi connectivity index (χ3n) is 2.53. The molecule has 2 rings (SSSR count). The van der Waals surface area contributed by atoms with E-state index in [9.17, 15) is 9.90 Å². The maximum absolute atomic E-state index is 11.8. The van der Waals surface area contributed by atoms with Crippen molar-refractivity contribution in [2.24, 2.45) is 5.10 Å². The molecule has 0 aliphatic heterocycles. The monoisotopic (exact) mass is 478 g/mol. The van der Waals surface area contributed by atoms with E-state index < -0.39 is 5.91 Å². The minimum atomic E-state index is -0.496. The number of hydrogen-bond donors (Lipinski definition) is 2. The Morgan fingerprint density at radius 1 is 1.33 bits per heavy atom. The molecule has 8 heteroatoms. The number of phenolic OH excluding ortho intramolecular Hbond substituents is 1. The van der Waals surface area contributed by atoms with Gasteiger partial charge in [-0.3, -0.25) is 4.79 Å². The van der Waals surface area contributed by atoms with Gasteiger partial charge in [0, 0.05) is 16.1 Å². The van der Waals surface area contributed by atoms with E-state index in [1.165, 1.54) is 12.3 Å². The average Bonchev–Trinajstić information content (AvgIpc) is 2.75. The van der Waals surface area contributed by atoms with Gasteiger partial charge in [-0.15, -0.1) is 0 Å². The van der Waals surface area contributed by atoms with Gasteiger partial charge in [-0.05, 0) is 56.5 Å². The molecule has 1 aromatic carbocycles. The molecular formula is C13H9Br3N2O3. The zero-order valence-electron chi connectivity index (χ0n) is 10.7. The molecular weight excluding hydrogens is 472 g/mol. The molecule has 0 aliphatic carbocycles. The highest BCUT2D eigenvalue weighted by atomic mass is 79.9. The molecule has 1 amide bonds. The Balaban J connectivity index is 2.11. The van der Waals surface area contributed by atoms with Gasteiger partial charge in [0.1, 0.15) is 5.75 Å². The van der Waals surface area contributed by atoms with E-state index in [0.29, 0.717) is 20.3 Å². The highest BCUT2D eigenvalue weighted by Crippen LogP contribution is 2.27. The topological polar surface area (TPSA) is 74.8 Å². The number of aryl methyl sites for hydroxylation is 1. The quantitative estimate of drug-likeness (QED) is 0.507. The Labute approximate surface area is 145 Å². The third-order valence-corrected chi connectivity index (χ3v) is 4.70. The molecule has 21 heavy (non-hydrogen) atoms. The zero-order chi connectivity index (χ0) is 15.6. The molecule has 5 nitrogen and oxygen atoms in total. The summed E-state index contributed by atoms with van der Waals surface area (Å²) in [7, 11) is 0. The molecule has 0 aliphatic rings. The lowest BCUT2D eigenvalue weighted by atomic mass is 10.1. The van der Waals surface area contributed by atoms with Gasteiger partial charge in [-0.25, -0.2) is 5.43 Å². The molecule has 0 saturated carbocycles. The smallest absolute Gasteiger partial charge is 0.307 e. The standard InChI is InChI=1S/C13H9Br3N2O3/c1-6-2-8(14)3-7(11(6)19)5-17-18-13(20)10-4-9(15)12(16)21-10/h2-5,19H,1H3,(H,18,20)/b17-5+. The van der Waals surface area contributed by atoms with Crippen LogP contribution in [-0.4, -0.2) is 17.2 Å². The molecule has 0 radical (unpaired) electrons. The summed E-state index contributed by atoms with van der Waals surface area (Å²) in [4.78, 5) is 11.8. The fourth-order valence-corrected chi connectivity index (χ4v) is 2.70. The van der Waals surface area contributed by atoms with Crippen molar-refractivity contribution >= 4 is 59.9 Å². The number of carbonyl (C=O) groups excluding carboxylic acids is 1. The Morgan fingerprint density at radius 2 is 2.05 bits per heavy atom. The lowest BCUT2D eigenvalue weighted by Crippen LogP contribution is -2.16. The van der Waals surface area contributed by atoms with Crippen LogP contribution in [0, 0.1) is 6.92 Å². The van der Waals surface area contributed by atoms with E-state index in [-0.39, 0.29) is 11.5 Å². The first-order chi connectivity index (χ1) is 9.88. The van der Waals surface area contributed by atoms with E-state index in [4.69, 9.17) is 4.42 Å². The van der Waals surface area contributed by atoms with Crippen molar-refractivity contribution in [3.8, 4) is 5.75 Å².